The molecule has 2 aromatic carbocycles. The van der Waals surface area contributed by atoms with Crippen molar-refractivity contribution >= 4 is 17.7 Å². The van der Waals surface area contributed by atoms with Crippen molar-refractivity contribution in [1.29, 1.82) is 5.26 Å². The minimum absolute atomic E-state index is 0.0000853. The predicted molar refractivity (Wildman–Crippen MR) is 177 cm³/mol. The lowest BCUT2D eigenvalue weighted by atomic mass is 9.68. The maximum Gasteiger partial charge on any atom is 0.253 e. The van der Waals surface area contributed by atoms with Crippen LogP contribution in [0.1, 0.15) is 101 Å². The fourth-order valence-electron chi connectivity index (χ4n) is 6.90. The molecule has 11 nitrogen and oxygen atoms in total. The highest BCUT2D eigenvalue weighted by Gasteiger charge is 2.47. The molecular formula is C36H45N7O4. The highest BCUT2D eigenvalue weighted by atomic mass is 16.4. The van der Waals surface area contributed by atoms with E-state index in [0.29, 0.717) is 55.1 Å². The lowest BCUT2D eigenvalue weighted by Crippen LogP contribution is -2.45. The molecule has 1 aliphatic heterocycles. The number of nitrogens with zero attached hydrogens (tertiary/aromatic N) is 6. The molecule has 0 unspecified atom stereocenters. The molecule has 1 fully saturated rings. The predicted octanol–water partition coefficient (Wildman–Crippen LogP) is 3.91. The molecule has 3 aromatic rings. The van der Waals surface area contributed by atoms with Crippen LogP contribution in [0.5, 0.6) is 0 Å². The van der Waals surface area contributed by atoms with E-state index >= 15 is 0 Å². The molecule has 5 rings (SSSR count). The first-order valence-electron chi connectivity index (χ1n) is 16.3. The molecule has 3 amide bonds. The zero-order chi connectivity index (χ0) is 34.0. The number of benzene rings is 2. The van der Waals surface area contributed by atoms with Crippen LogP contribution >= 0.6 is 0 Å². The van der Waals surface area contributed by atoms with E-state index in [4.69, 9.17) is 4.42 Å². The standard InChI is InChI=1S/C36H45N7O4/c1-22(2)32-39-40-35(47-32)36(19-23(3)38-21-31(44)43-16-8-9-28(43)20-37)29-14-12-26(33(45)41(4)5)17-24(29)10-11-25-18-27(13-15-30(25)36)34(46)42(6)7/h12-15,17-18,22-23,28,38H,8-11,16,19,21H2,1-7H3/t23-,28-/m0/s1. The number of aromatic nitrogens is 2. The van der Waals surface area contributed by atoms with Crippen LogP contribution in [0.4, 0.5) is 0 Å². The number of likely N-dealkylation sites (tertiary alicyclic amines) is 1. The second kappa shape index (κ2) is 13.7. The van der Waals surface area contributed by atoms with Crippen LogP contribution < -0.4 is 5.32 Å². The van der Waals surface area contributed by atoms with Gasteiger partial charge >= 0.3 is 0 Å². The number of hydrogen-bond donors (Lipinski definition) is 1. The largest absolute Gasteiger partial charge is 0.424 e. The Kier molecular flexibility index (Phi) is 9.82. The number of nitrogens with one attached hydrogen (secondary N) is 1. The number of nitriles is 1. The van der Waals surface area contributed by atoms with Crippen molar-refractivity contribution in [3.05, 3.63) is 81.6 Å². The van der Waals surface area contributed by atoms with Crippen LogP contribution in [-0.4, -0.2) is 96.0 Å². The minimum atomic E-state index is -0.959. The zero-order valence-corrected chi connectivity index (χ0v) is 28.5. The Bertz CT molecular complexity index is 1630. The maximum atomic E-state index is 13.2. The highest BCUT2D eigenvalue weighted by molar-refractivity contribution is 5.95. The first-order chi connectivity index (χ1) is 22.4. The number of amides is 3. The molecule has 1 aliphatic carbocycles. The summed E-state index contributed by atoms with van der Waals surface area (Å²) < 4.78 is 6.51. The van der Waals surface area contributed by atoms with Crippen molar-refractivity contribution < 1.29 is 18.8 Å². The van der Waals surface area contributed by atoms with Crippen molar-refractivity contribution in [3.63, 3.8) is 0 Å². The van der Waals surface area contributed by atoms with Gasteiger partial charge in [0.15, 0.2) is 0 Å². The van der Waals surface area contributed by atoms with Gasteiger partial charge in [0.1, 0.15) is 11.5 Å². The summed E-state index contributed by atoms with van der Waals surface area (Å²) in [6, 6.07) is 13.3. The average molecular weight is 640 g/mol. The van der Waals surface area contributed by atoms with Gasteiger partial charge < -0.3 is 24.4 Å². The van der Waals surface area contributed by atoms with Crippen LogP contribution in [0.25, 0.3) is 0 Å². The second-order valence-corrected chi connectivity index (χ2v) is 13.5. The number of aryl methyl sites for hydroxylation is 2. The Labute approximate surface area is 276 Å². The van der Waals surface area contributed by atoms with E-state index in [9.17, 15) is 19.6 Å². The summed E-state index contributed by atoms with van der Waals surface area (Å²) in [4.78, 5) is 44.2. The molecule has 248 valence electrons. The molecule has 0 bridgehead atoms. The van der Waals surface area contributed by atoms with Gasteiger partial charge in [0, 0.05) is 57.8 Å². The van der Waals surface area contributed by atoms with Gasteiger partial charge in [-0.2, -0.15) is 5.26 Å². The number of carbonyl (C=O) groups is 3. The normalized spacial score (nSPS) is 17.3. The summed E-state index contributed by atoms with van der Waals surface area (Å²) in [5.41, 5.74) is 4.06. The van der Waals surface area contributed by atoms with Gasteiger partial charge in [0.25, 0.3) is 11.8 Å². The van der Waals surface area contributed by atoms with Crippen LogP contribution in [0, 0.1) is 11.3 Å². The fourth-order valence-corrected chi connectivity index (χ4v) is 6.90. The Morgan fingerprint density at radius 3 is 2.04 bits per heavy atom. The lowest BCUT2D eigenvalue weighted by molar-refractivity contribution is -0.130. The Hall–Kier alpha value is -4.56. The van der Waals surface area contributed by atoms with Gasteiger partial charge in [-0.3, -0.25) is 14.4 Å². The van der Waals surface area contributed by atoms with Crippen LogP contribution in [0.15, 0.2) is 40.8 Å². The van der Waals surface area contributed by atoms with E-state index in [1.807, 2.05) is 57.2 Å². The smallest absolute Gasteiger partial charge is 0.253 e. The van der Waals surface area contributed by atoms with E-state index in [1.165, 1.54) is 0 Å². The zero-order valence-electron chi connectivity index (χ0n) is 28.5. The minimum Gasteiger partial charge on any atom is -0.424 e. The van der Waals surface area contributed by atoms with Crippen molar-refractivity contribution in [2.24, 2.45) is 0 Å². The third-order valence-corrected chi connectivity index (χ3v) is 9.34. The summed E-state index contributed by atoms with van der Waals surface area (Å²) in [6.07, 6.45) is 3.23. The SMILES string of the molecule is CC(C)c1nnc(C2(C[C@H](C)NCC(=O)N3CCC[C@H]3C#N)c3ccc(C(=O)N(C)C)cc3CCc3cc(C(=O)N(C)C)ccc32)o1. The maximum absolute atomic E-state index is 13.2. The van der Waals surface area contributed by atoms with Crippen molar-refractivity contribution in [2.75, 3.05) is 41.3 Å². The van der Waals surface area contributed by atoms with Gasteiger partial charge in [-0.1, -0.05) is 26.0 Å². The summed E-state index contributed by atoms with van der Waals surface area (Å²) in [7, 11) is 6.94. The summed E-state index contributed by atoms with van der Waals surface area (Å²) in [5, 5.41) is 22.1. The Balaban J connectivity index is 1.66. The topological polar surface area (TPSA) is 136 Å². The van der Waals surface area contributed by atoms with E-state index in [2.05, 4.69) is 21.6 Å². The quantitative estimate of drug-likeness (QED) is 0.372. The summed E-state index contributed by atoms with van der Waals surface area (Å²) >= 11 is 0. The molecular weight excluding hydrogens is 594 g/mol. The Morgan fingerprint density at radius 1 is 0.979 bits per heavy atom. The van der Waals surface area contributed by atoms with Crippen molar-refractivity contribution in [1.82, 2.24) is 30.2 Å². The van der Waals surface area contributed by atoms with E-state index < -0.39 is 11.5 Å². The molecule has 2 atom stereocenters. The van der Waals surface area contributed by atoms with E-state index in [-0.39, 0.29) is 36.2 Å². The Morgan fingerprint density at radius 2 is 1.55 bits per heavy atom. The van der Waals surface area contributed by atoms with Crippen molar-refractivity contribution in [3.8, 4) is 6.07 Å². The summed E-state index contributed by atoms with van der Waals surface area (Å²) in [6.45, 7) is 6.70. The molecule has 2 aliphatic rings. The number of rotatable bonds is 9. The van der Waals surface area contributed by atoms with E-state index in [0.717, 1.165) is 28.7 Å². The van der Waals surface area contributed by atoms with Gasteiger partial charge in [-0.05, 0) is 85.5 Å². The van der Waals surface area contributed by atoms with Gasteiger partial charge in [-0.15, -0.1) is 10.2 Å². The fraction of sp³-hybridized carbons (Fsp3) is 0.500. The van der Waals surface area contributed by atoms with Gasteiger partial charge in [0.05, 0.1) is 12.6 Å². The highest BCUT2D eigenvalue weighted by Crippen LogP contribution is 2.48. The third kappa shape index (κ3) is 6.52. The van der Waals surface area contributed by atoms with Crippen LogP contribution in [0.3, 0.4) is 0 Å². The first kappa shape index (κ1) is 33.8. The third-order valence-electron chi connectivity index (χ3n) is 9.34. The number of fused-ring (bicyclic) bond motifs is 2. The first-order valence-corrected chi connectivity index (χ1v) is 16.3. The van der Waals surface area contributed by atoms with Crippen molar-refractivity contribution in [2.45, 2.75) is 76.3 Å². The molecule has 47 heavy (non-hydrogen) atoms. The molecule has 11 heteroatoms. The monoisotopic (exact) mass is 639 g/mol. The molecule has 0 spiro atoms. The molecule has 1 saturated heterocycles. The van der Waals surface area contributed by atoms with Gasteiger partial charge in [0.2, 0.25) is 17.7 Å². The van der Waals surface area contributed by atoms with Crippen LogP contribution in [0.2, 0.25) is 0 Å². The average Bonchev–Trinajstić information content (AvgIpc) is 3.73. The molecule has 1 N–H and O–H groups in total. The molecule has 0 saturated carbocycles. The molecule has 0 radical (unpaired) electrons. The number of hydrogen-bond acceptors (Lipinski definition) is 8. The summed E-state index contributed by atoms with van der Waals surface area (Å²) in [5.74, 6) is 0.649. The van der Waals surface area contributed by atoms with E-state index in [1.54, 1.807) is 42.9 Å². The molecule has 1 aromatic heterocycles. The lowest BCUT2D eigenvalue weighted by Gasteiger charge is -2.36. The van der Waals surface area contributed by atoms with Crippen LogP contribution in [-0.2, 0) is 23.1 Å². The van der Waals surface area contributed by atoms with Gasteiger partial charge in [-0.25, -0.2) is 0 Å². The molecule has 2 heterocycles. The second-order valence-electron chi connectivity index (χ2n) is 13.5. The number of carbonyl (C=O) groups excluding carboxylic acids is 3.